The minimum absolute atomic E-state index is 0.139. The van der Waals surface area contributed by atoms with E-state index in [1.165, 1.54) is 12.1 Å². The van der Waals surface area contributed by atoms with Gasteiger partial charge in [0.15, 0.2) is 16.8 Å². The summed E-state index contributed by atoms with van der Waals surface area (Å²) < 4.78 is 41.9. The van der Waals surface area contributed by atoms with Gasteiger partial charge >= 0.3 is 0 Å². The van der Waals surface area contributed by atoms with Crippen molar-refractivity contribution in [3.8, 4) is 5.88 Å². The van der Waals surface area contributed by atoms with Gasteiger partial charge in [-0.1, -0.05) is 23.9 Å². The van der Waals surface area contributed by atoms with Crippen LogP contribution < -0.4 is 14.8 Å². The van der Waals surface area contributed by atoms with Crippen LogP contribution in [-0.2, 0) is 10.0 Å². The Morgan fingerprint density at radius 2 is 2.16 bits per heavy atom. The molecule has 1 aromatic heterocycles. The third-order valence-electron chi connectivity index (χ3n) is 4.78. The fraction of sp³-hybridized carbons (Fsp3) is 0.500. The van der Waals surface area contributed by atoms with Gasteiger partial charge < -0.3 is 15.2 Å². The van der Waals surface area contributed by atoms with E-state index < -0.39 is 23.8 Å². The summed E-state index contributed by atoms with van der Waals surface area (Å²) in [6, 6.07) is 5.85. The highest BCUT2D eigenvalue weighted by molar-refractivity contribution is 7.98. The van der Waals surface area contributed by atoms with E-state index in [0.29, 0.717) is 11.0 Å². The molecule has 3 atom stereocenters. The summed E-state index contributed by atoms with van der Waals surface area (Å²) in [6.45, 7) is 7.82. The van der Waals surface area contributed by atoms with Gasteiger partial charge in [-0.15, -0.1) is 0 Å². The number of rotatable bonds is 10. The highest BCUT2D eigenvalue weighted by Gasteiger charge is 2.20. The number of ether oxygens (including phenoxy) is 1. The number of aromatic nitrogens is 2. The van der Waals surface area contributed by atoms with Crippen molar-refractivity contribution < 1.29 is 22.9 Å². The summed E-state index contributed by atoms with van der Waals surface area (Å²) in [7, 11) is 0. The largest absolute Gasteiger partial charge is 0.472 e. The van der Waals surface area contributed by atoms with Crippen LogP contribution >= 0.6 is 24.0 Å². The summed E-state index contributed by atoms with van der Waals surface area (Å²) in [4.78, 5) is 8.73. The lowest BCUT2D eigenvalue weighted by Crippen LogP contribution is -2.48. The molecule has 0 bridgehead atoms. The molecule has 0 spiro atoms. The first-order chi connectivity index (χ1) is 15.3. The van der Waals surface area contributed by atoms with E-state index in [0.717, 1.165) is 49.7 Å². The molecule has 176 valence electrons. The molecule has 12 heteroatoms. The predicted molar refractivity (Wildman–Crippen MR) is 121 cm³/mol. The molecule has 1 saturated heterocycles. The Morgan fingerprint density at radius 3 is 2.91 bits per heavy atom. The molecule has 0 saturated carbocycles. The van der Waals surface area contributed by atoms with Crippen molar-refractivity contribution >= 4 is 29.8 Å². The Morgan fingerprint density at radius 1 is 1.34 bits per heavy atom. The van der Waals surface area contributed by atoms with E-state index in [1.807, 2.05) is 5.06 Å². The van der Waals surface area contributed by atoms with E-state index in [4.69, 9.17) is 9.02 Å². The SMILES string of the molecule is CC1CNCCN1OSNc1cc(O[C@H](C)[C@@H](C)O)nc(SCc2cccc(F)c2F)n1. The lowest BCUT2D eigenvalue weighted by atomic mass is 10.2. The number of aliphatic hydroxyl groups is 1. The maximum atomic E-state index is 14.0. The number of halogens is 2. The average molecular weight is 488 g/mol. The molecule has 0 amide bonds. The number of anilines is 1. The Labute approximate surface area is 194 Å². The molecule has 8 nitrogen and oxygen atoms in total. The van der Waals surface area contributed by atoms with Crippen LogP contribution in [-0.4, -0.2) is 58.0 Å². The second-order valence-corrected chi connectivity index (χ2v) is 8.86. The van der Waals surface area contributed by atoms with Crippen molar-refractivity contribution in [1.82, 2.24) is 20.3 Å². The standard InChI is InChI=1S/C20H27F2N5O3S2/c1-12-10-23-7-8-27(12)30-32-26-17-9-18(29-14(3)13(2)28)25-20(24-17)31-11-15-5-4-6-16(21)19(15)22/h4-6,9,12-14,23,28H,7-8,10-11H2,1-3H3,(H,24,25,26)/t12?,13-,14-/m1/s1. The molecule has 2 aromatic rings. The van der Waals surface area contributed by atoms with Gasteiger partial charge in [-0.2, -0.15) is 10.0 Å². The molecular formula is C20H27F2N5O3S2. The van der Waals surface area contributed by atoms with Crippen LogP contribution in [0.3, 0.4) is 0 Å². The first kappa shape index (κ1) is 24.9. The van der Waals surface area contributed by atoms with Crippen LogP contribution in [0.1, 0.15) is 26.3 Å². The normalized spacial score (nSPS) is 18.9. The maximum absolute atomic E-state index is 14.0. The minimum Gasteiger partial charge on any atom is -0.472 e. The zero-order valence-electron chi connectivity index (χ0n) is 18.0. The predicted octanol–water partition coefficient (Wildman–Crippen LogP) is 3.40. The number of thioether (sulfide) groups is 1. The number of hydrogen-bond donors (Lipinski definition) is 3. The zero-order valence-corrected chi connectivity index (χ0v) is 19.7. The number of benzene rings is 1. The highest BCUT2D eigenvalue weighted by atomic mass is 32.2. The highest BCUT2D eigenvalue weighted by Crippen LogP contribution is 2.27. The second-order valence-electron chi connectivity index (χ2n) is 7.39. The molecule has 3 N–H and O–H groups in total. The molecule has 3 rings (SSSR count). The molecule has 1 aromatic carbocycles. The monoisotopic (exact) mass is 487 g/mol. The van der Waals surface area contributed by atoms with Crippen LogP contribution in [0, 0.1) is 11.6 Å². The molecule has 1 fully saturated rings. The van der Waals surface area contributed by atoms with Crippen LogP contribution in [0.25, 0.3) is 0 Å². The molecule has 32 heavy (non-hydrogen) atoms. The van der Waals surface area contributed by atoms with Gasteiger partial charge in [0.1, 0.15) is 24.2 Å². The molecule has 1 aliphatic rings. The minimum atomic E-state index is -0.898. The van der Waals surface area contributed by atoms with E-state index in [9.17, 15) is 13.9 Å². The third-order valence-corrected chi connectivity index (χ3v) is 6.23. The summed E-state index contributed by atoms with van der Waals surface area (Å²) in [5.41, 5.74) is 0.210. The van der Waals surface area contributed by atoms with Crippen molar-refractivity contribution in [1.29, 1.82) is 0 Å². The summed E-state index contributed by atoms with van der Waals surface area (Å²) >= 11 is 2.15. The van der Waals surface area contributed by atoms with Gasteiger partial charge in [0, 0.05) is 43.1 Å². The van der Waals surface area contributed by atoms with Crippen molar-refractivity contribution in [2.24, 2.45) is 0 Å². The van der Waals surface area contributed by atoms with Gasteiger partial charge in [-0.3, -0.25) is 4.72 Å². The molecular weight excluding hydrogens is 460 g/mol. The Hall–Kier alpha value is -1.70. The van der Waals surface area contributed by atoms with Gasteiger partial charge in [0.05, 0.1) is 6.10 Å². The summed E-state index contributed by atoms with van der Waals surface area (Å²) in [5, 5.41) is 15.2. The van der Waals surface area contributed by atoms with Crippen LogP contribution in [0.5, 0.6) is 5.88 Å². The lowest BCUT2D eigenvalue weighted by Gasteiger charge is -2.31. The van der Waals surface area contributed by atoms with Crippen molar-refractivity contribution in [3.63, 3.8) is 0 Å². The zero-order chi connectivity index (χ0) is 23.1. The van der Waals surface area contributed by atoms with E-state index >= 15 is 0 Å². The number of aliphatic hydroxyl groups excluding tert-OH is 1. The average Bonchev–Trinajstić information content (AvgIpc) is 2.76. The molecule has 1 unspecified atom stereocenters. The Kier molecular flexibility index (Phi) is 9.32. The molecule has 0 aliphatic carbocycles. The van der Waals surface area contributed by atoms with E-state index in [1.54, 1.807) is 19.9 Å². The summed E-state index contributed by atoms with van der Waals surface area (Å²) in [5.74, 6) is -0.982. The van der Waals surface area contributed by atoms with Crippen LogP contribution in [0.15, 0.2) is 29.4 Å². The van der Waals surface area contributed by atoms with Gasteiger partial charge in [-0.05, 0) is 26.8 Å². The van der Waals surface area contributed by atoms with Crippen molar-refractivity contribution in [2.75, 3.05) is 24.4 Å². The van der Waals surface area contributed by atoms with Gasteiger partial charge in [0.25, 0.3) is 0 Å². The number of hydrogen-bond acceptors (Lipinski definition) is 10. The fourth-order valence-corrected chi connectivity index (χ4v) is 4.08. The number of nitrogens with one attached hydrogen (secondary N) is 2. The Bertz CT molecular complexity index is 896. The van der Waals surface area contributed by atoms with E-state index in [2.05, 4.69) is 26.9 Å². The Balaban J connectivity index is 1.69. The van der Waals surface area contributed by atoms with Gasteiger partial charge in [0.2, 0.25) is 5.88 Å². The number of nitrogens with zero attached hydrogens (tertiary/aromatic N) is 3. The molecule has 2 heterocycles. The quantitative estimate of drug-likeness (QED) is 0.200. The number of hydroxylamine groups is 2. The smallest absolute Gasteiger partial charge is 0.219 e. The first-order valence-corrected chi connectivity index (χ1v) is 11.9. The number of piperazine rings is 1. The second kappa shape index (κ2) is 12.0. The summed E-state index contributed by atoms with van der Waals surface area (Å²) in [6.07, 6.45) is -1.20. The van der Waals surface area contributed by atoms with E-state index in [-0.39, 0.29) is 23.2 Å². The van der Waals surface area contributed by atoms with Crippen LogP contribution in [0.2, 0.25) is 0 Å². The van der Waals surface area contributed by atoms with Gasteiger partial charge in [-0.25, -0.2) is 18.0 Å². The fourth-order valence-electron chi connectivity index (χ4n) is 2.71. The molecule has 1 aliphatic heterocycles. The third kappa shape index (κ3) is 7.15. The first-order valence-electron chi connectivity index (χ1n) is 10.2. The maximum Gasteiger partial charge on any atom is 0.219 e. The lowest BCUT2D eigenvalue weighted by molar-refractivity contribution is -0.0820. The van der Waals surface area contributed by atoms with Crippen molar-refractivity contribution in [2.45, 2.75) is 49.9 Å². The topological polar surface area (TPSA) is 91.8 Å². The molecule has 0 radical (unpaired) electrons. The van der Waals surface area contributed by atoms with Crippen molar-refractivity contribution in [3.05, 3.63) is 41.5 Å². The van der Waals surface area contributed by atoms with Crippen LogP contribution in [0.4, 0.5) is 14.6 Å².